The quantitative estimate of drug-likeness (QED) is 0.576. The molecule has 3 nitrogen and oxygen atoms in total. The van der Waals surface area contributed by atoms with Crippen LogP contribution in [0.2, 0.25) is 0 Å². The molecule has 1 aromatic rings. The van der Waals surface area contributed by atoms with Crippen LogP contribution in [0.3, 0.4) is 0 Å². The highest BCUT2D eigenvalue weighted by Crippen LogP contribution is 2.11. The molecule has 0 aliphatic rings. The van der Waals surface area contributed by atoms with Gasteiger partial charge < -0.3 is 4.74 Å². The van der Waals surface area contributed by atoms with Gasteiger partial charge in [0.2, 0.25) is 0 Å². The van der Waals surface area contributed by atoms with Gasteiger partial charge in [0.05, 0.1) is 13.2 Å². The number of benzene rings is 1. The summed E-state index contributed by atoms with van der Waals surface area (Å²) in [7, 11) is 0. The first-order valence-corrected chi connectivity index (χ1v) is 7.25. The van der Waals surface area contributed by atoms with Crippen molar-refractivity contribution < 1.29 is 9.53 Å². The van der Waals surface area contributed by atoms with E-state index in [1.807, 2.05) is 6.92 Å². The van der Waals surface area contributed by atoms with Gasteiger partial charge in [-0.05, 0) is 61.1 Å². The second-order valence-electron chi connectivity index (χ2n) is 4.43. The molecule has 0 spiro atoms. The van der Waals surface area contributed by atoms with E-state index in [4.69, 9.17) is 4.74 Å². The minimum atomic E-state index is -0.156. The van der Waals surface area contributed by atoms with Crippen LogP contribution in [0.25, 0.3) is 0 Å². The monoisotopic (exact) mass is 361 g/mol. The van der Waals surface area contributed by atoms with E-state index in [1.165, 1.54) is 9.13 Å². The van der Waals surface area contributed by atoms with Gasteiger partial charge >= 0.3 is 5.97 Å². The predicted octanol–water partition coefficient (Wildman–Crippen LogP) is 3.06. The zero-order valence-corrected chi connectivity index (χ0v) is 13.3. The van der Waals surface area contributed by atoms with E-state index in [-0.39, 0.29) is 5.97 Å². The Balaban J connectivity index is 2.62. The molecule has 0 unspecified atom stereocenters. The van der Waals surface area contributed by atoms with Gasteiger partial charge in [-0.25, -0.2) is 0 Å². The van der Waals surface area contributed by atoms with Crippen molar-refractivity contribution in [3.05, 3.63) is 33.4 Å². The summed E-state index contributed by atoms with van der Waals surface area (Å²) in [5.41, 5.74) is 1.22. The number of ether oxygens (including phenoxy) is 1. The maximum atomic E-state index is 11.5. The van der Waals surface area contributed by atoms with Crippen LogP contribution in [0.1, 0.15) is 26.3 Å². The highest BCUT2D eigenvalue weighted by molar-refractivity contribution is 14.1. The van der Waals surface area contributed by atoms with Gasteiger partial charge in [-0.1, -0.05) is 12.1 Å². The van der Waals surface area contributed by atoms with Crippen LogP contribution < -0.4 is 0 Å². The van der Waals surface area contributed by atoms with Crippen LogP contribution >= 0.6 is 22.6 Å². The van der Waals surface area contributed by atoms with Crippen molar-refractivity contribution in [2.75, 3.05) is 13.2 Å². The lowest BCUT2D eigenvalue weighted by Crippen LogP contribution is -2.36. The molecule has 0 saturated carbocycles. The summed E-state index contributed by atoms with van der Waals surface area (Å²) in [6, 6.07) is 8.68. The zero-order chi connectivity index (χ0) is 13.5. The smallest absolute Gasteiger partial charge is 0.320 e. The van der Waals surface area contributed by atoms with Crippen molar-refractivity contribution in [2.24, 2.45) is 0 Å². The third-order valence-electron chi connectivity index (χ3n) is 2.67. The minimum Gasteiger partial charge on any atom is -0.465 e. The van der Waals surface area contributed by atoms with Crippen LogP contribution in [-0.4, -0.2) is 30.1 Å². The van der Waals surface area contributed by atoms with E-state index < -0.39 is 0 Å². The summed E-state index contributed by atoms with van der Waals surface area (Å²) in [5, 5.41) is 0. The Hall–Kier alpha value is -0.620. The maximum absolute atomic E-state index is 11.5. The molecule has 1 aromatic carbocycles. The van der Waals surface area contributed by atoms with Crippen molar-refractivity contribution in [3.8, 4) is 0 Å². The standard InChI is InChI=1S/C14H20INO2/c1-4-18-14(17)10-16(11(2)3)9-12-5-7-13(15)8-6-12/h5-8,11H,4,9-10H2,1-3H3. The topological polar surface area (TPSA) is 29.5 Å². The second-order valence-corrected chi connectivity index (χ2v) is 5.68. The van der Waals surface area contributed by atoms with Crippen molar-refractivity contribution in [1.29, 1.82) is 0 Å². The van der Waals surface area contributed by atoms with Gasteiger partial charge in [-0.3, -0.25) is 9.69 Å². The Kier molecular flexibility index (Phi) is 6.63. The number of halogens is 1. The molecule has 18 heavy (non-hydrogen) atoms. The Morgan fingerprint density at radius 3 is 2.44 bits per heavy atom. The van der Waals surface area contributed by atoms with Gasteiger partial charge in [0.15, 0.2) is 0 Å². The lowest BCUT2D eigenvalue weighted by atomic mass is 10.2. The van der Waals surface area contributed by atoms with Crippen LogP contribution in [-0.2, 0) is 16.1 Å². The van der Waals surface area contributed by atoms with Crippen molar-refractivity contribution >= 4 is 28.6 Å². The molecule has 4 heteroatoms. The minimum absolute atomic E-state index is 0.156. The van der Waals surface area contributed by atoms with Gasteiger partial charge in [-0.15, -0.1) is 0 Å². The molecule has 0 N–H and O–H groups in total. The van der Waals surface area contributed by atoms with Crippen molar-refractivity contribution in [2.45, 2.75) is 33.4 Å². The highest BCUT2D eigenvalue weighted by Gasteiger charge is 2.15. The summed E-state index contributed by atoms with van der Waals surface area (Å²) in [5.74, 6) is -0.156. The molecule has 0 aromatic heterocycles. The van der Waals surface area contributed by atoms with Crippen LogP contribution in [0, 0.1) is 3.57 Å². The second kappa shape index (κ2) is 7.74. The normalized spacial score (nSPS) is 11.0. The predicted molar refractivity (Wildman–Crippen MR) is 81.3 cm³/mol. The van der Waals surface area contributed by atoms with Gasteiger partial charge in [0, 0.05) is 16.2 Å². The highest BCUT2D eigenvalue weighted by atomic mass is 127. The summed E-state index contributed by atoms with van der Waals surface area (Å²) in [6.45, 7) is 7.56. The Morgan fingerprint density at radius 2 is 1.94 bits per heavy atom. The van der Waals surface area contributed by atoms with E-state index in [9.17, 15) is 4.79 Å². The summed E-state index contributed by atoms with van der Waals surface area (Å²) >= 11 is 2.29. The van der Waals surface area contributed by atoms with E-state index in [2.05, 4.69) is 65.6 Å². The average molecular weight is 361 g/mol. The molecule has 0 bridgehead atoms. The van der Waals surface area contributed by atoms with Crippen molar-refractivity contribution in [3.63, 3.8) is 0 Å². The Bertz CT molecular complexity index is 376. The summed E-state index contributed by atoms with van der Waals surface area (Å²) in [4.78, 5) is 13.6. The lowest BCUT2D eigenvalue weighted by Gasteiger charge is -2.25. The zero-order valence-electron chi connectivity index (χ0n) is 11.1. The molecule has 0 radical (unpaired) electrons. The molecule has 0 heterocycles. The van der Waals surface area contributed by atoms with Gasteiger partial charge in [0.1, 0.15) is 0 Å². The molecule has 0 aliphatic heterocycles. The van der Waals surface area contributed by atoms with Crippen molar-refractivity contribution in [1.82, 2.24) is 4.90 Å². The summed E-state index contributed by atoms with van der Waals surface area (Å²) < 4.78 is 6.22. The lowest BCUT2D eigenvalue weighted by molar-refractivity contribution is -0.145. The van der Waals surface area contributed by atoms with Gasteiger partial charge in [0.25, 0.3) is 0 Å². The van der Waals surface area contributed by atoms with Gasteiger partial charge in [-0.2, -0.15) is 0 Å². The van der Waals surface area contributed by atoms with E-state index in [0.29, 0.717) is 19.2 Å². The third kappa shape index (κ3) is 5.35. The number of hydrogen-bond donors (Lipinski definition) is 0. The first-order valence-electron chi connectivity index (χ1n) is 6.17. The third-order valence-corrected chi connectivity index (χ3v) is 3.39. The average Bonchev–Trinajstić information content (AvgIpc) is 2.31. The molecule has 0 saturated heterocycles. The number of carbonyl (C=O) groups is 1. The number of esters is 1. The number of nitrogens with zero attached hydrogens (tertiary/aromatic N) is 1. The fourth-order valence-corrected chi connectivity index (χ4v) is 1.98. The van der Waals surface area contributed by atoms with E-state index in [1.54, 1.807) is 0 Å². The fraction of sp³-hybridized carbons (Fsp3) is 0.500. The summed E-state index contributed by atoms with van der Waals surface area (Å²) in [6.07, 6.45) is 0. The van der Waals surface area contributed by atoms with Crippen LogP contribution in [0.15, 0.2) is 24.3 Å². The molecule has 0 fully saturated rings. The molecule has 0 atom stereocenters. The van der Waals surface area contributed by atoms with E-state index >= 15 is 0 Å². The number of rotatable bonds is 6. The molecule has 1 rings (SSSR count). The number of hydrogen-bond acceptors (Lipinski definition) is 3. The number of carbonyl (C=O) groups excluding carboxylic acids is 1. The van der Waals surface area contributed by atoms with Crippen LogP contribution in [0.5, 0.6) is 0 Å². The molecule has 0 amide bonds. The Labute approximate surface area is 123 Å². The largest absolute Gasteiger partial charge is 0.465 e. The first kappa shape index (κ1) is 15.4. The Morgan fingerprint density at radius 1 is 1.33 bits per heavy atom. The SMILES string of the molecule is CCOC(=O)CN(Cc1ccc(I)cc1)C(C)C. The van der Waals surface area contributed by atoms with Crippen LogP contribution in [0.4, 0.5) is 0 Å². The molecular weight excluding hydrogens is 341 g/mol. The van der Waals surface area contributed by atoms with E-state index in [0.717, 1.165) is 6.54 Å². The maximum Gasteiger partial charge on any atom is 0.320 e. The molecule has 0 aliphatic carbocycles. The molecular formula is C14H20INO2. The first-order chi connectivity index (χ1) is 8.52. The fourth-order valence-electron chi connectivity index (χ4n) is 1.62. The molecule has 100 valence electrons.